The highest BCUT2D eigenvalue weighted by molar-refractivity contribution is 5.49. The summed E-state index contributed by atoms with van der Waals surface area (Å²) in [6, 6.07) is 28.4. The molecular formula is C28H31NO4. The van der Waals surface area contributed by atoms with Crippen molar-refractivity contribution in [1.82, 2.24) is 0 Å². The largest absolute Gasteiger partial charge is 0.497 e. The van der Waals surface area contributed by atoms with E-state index in [1.54, 1.807) is 21.3 Å². The number of nitriles is 1. The van der Waals surface area contributed by atoms with Crippen molar-refractivity contribution in [2.75, 3.05) is 34.5 Å². The van der Waals surface area contributed by atoms with Crippen molar-refractivity contribution in [1.29, 1.82) is 5.26 Å². The van der Waals surface area contributed by atoms with Crippen LogP contribution in [-0.2, 0) is 15.1 Å². The molecule has 5 heteroatoms. The minimum atomic E-state index is -0.860. The Morgan fingerprint density at radius 2 is 1.18 bits per heavy atom. The molecule has 0 spiro atoms. The lowest BCUT2D eigenvalue weighted by molar-refractivity contribution is 0.00672. The fourth-order valence-electron chi connectivity index (χ4n) is 3.96. The number of hydrogen-bond donors (Lipinski definition) is 0. The van der Waals surface area contributed by atoms with Crippen molar-refractivity contribution < 1.29 is 18.9 Å². The van der Waals surface area contributed by atoms with E-state index in [0.29, 0.717) is 26.1 Å². The normalized spacial score (nSPS) is 12.1. The van der Waals surface area contributed by atoms with Crippen LogP contribution < -0.4 is 9.47 Å². The average Bonchev–Trinajstić information content (AvgIpc) is 2.89. The van der Waals surface area contributed by atoms with Crippen LogP contribution in [0.25, 0.3) is 0 Å². The summed E-state index contributed by atoms with van der Waals surface area (Å²) in [6.45, 7) is 0.966. The van der Waals surface area contributed by atoms with Gasteiger partial charge in [0, 0.05) is 20.3 Å². The smallest absolute Gasteiger partial charge is 0.143 e. The van der Waals surface area contributed by atoms with Crippen LogP contribution in [0, 0.1) is 17.2 Å². The van der Waals surface area contributed by atoms with Gasteiger partial charge in [-0.1, -0.05) is 54.6 Å². The summed E-state index contributed by atoms with van der Waals surface area (Å²) < 4.78 is 22.7. The Balaban J connectivity index is 2.07. The van der Waals surface area contributed by atoms with Gasteiger partial charge in [0.15, 0.2) is 0 Å². The third-order valence-electron chi connectivity index (χ3n) is 5.81. The average molecular weight is 446 g/mol. The van der Waals surface area contributed by atoms with Gasteiger partial charge in [0.05, 0.1) is 26.2 Å². The van der Waals surface area contributed by atoms with Gasteiger partial charge in [-0.2, -0.15) is 5.26 Å². The van der Waals surface area contributed by atoms with Crippen molar-refractivity contribution >= 4 is 0 Å². The second kappa shape index (κ2) is 12.1. The highest BCUT2D eigenvalue weighted by atomic mass is 16.5. The topological polar surface area (TPSA) is 60.7 Å². The van der Waals surface area contributed by atoms with Crippen LogP contribution in [-0.4, -0.2) is 34.5 Å². The number of nitrogens with zero attached hydrogens (tertiary/aromatic N) is 1. The van der Waals surface area contributed by atoms with E-state index in [-0.39, 0.29) is 5.92 Å². The first-order valence-electron chi connectivity index (χ1n) is 11.0. The van der Waals surface area contributed by atoms with Crippen LogP contribution in [0.3, 0.4) is 0 Å². The van der Waals surface area contributed by atoms with Gasteiger partial charge < -0.3 is 18.9 Å². The number of ether oxygens (including phenoxy) is 4. The third kappa shape index (κ3) is 5.73. The molecule has 0 saturated heterocycles. The molecule has 0 radical (unpaired) electrons. The number of methoxy groups -OCH3 is 3. The Kier molecular flexibility index (Phi) is 8.88. The molecule has 3 rings (SSSR count). The second-order valence-corrected chi connectivity index (χ2v) is 7.75. The van der Waals surface area contributed by atoms with Crippen molar-refractivity contribution in [3.05, 3.63) is 95.6 Å². The highest BCUT2D eigenvalue weighted by Gasteiger charge is 2.38. The molecule has 172 valence electrons. The molecule has 3 aromatic carbocycles. The SMILES string of the molecule is COCCC(C#N)CCOC(c1ccccc1)(c1ccc(OC)cc1)c1ccc(OC)cc1. The molecule has 0 aromatic heterocycles. The number of benzene rings is 3. The summed E-state index contributed by atoms with van der Waals surface area (Å²) in [6.07, 6.45) is 1.29. The molecule has 0 bridgehead atoms. The first-order chi connectivity index (χ1) is 16.2. The predicted molar refractivity (Wildman–Crippen MR) is 128 cm³/mol. The van der Waals surface area contributed by atoms with E-state index in [0.717, 1.165) is 28.2 Å². The van der Waals surface area contributed by atoms with E-state index >= 15 is 0 Å². The van der Waals surface area contributed by atoms with Gasteiger partial charge in [-0.05, 0) is 53.8 Å². The molecule has 0 heterocycles. The molecule has 33 heavy (non-hydrogen) atoms. The Hall–Kier alpha value is -3.33. The van der Waals surface area contributed by atoms with Gasteiger partial charge in [-0.15, -0.1) is 0 Å². The fraction of sp³-hybridized carbons (Fsp3) is 0.321. The predicted octanol–water partition coefficient (Wildman–Crippen LogP) is 5.58. The molecule has 1 atom stereocenters. The van der Waals surface area contributed by atoms with Crippen LogP contribution in [0.4, 0.5) is 0 Å². The maximum Gasteiger partial charge on any atom is 0.143 e. The minimum absolute atomic E-state index is 0.134. The lowest BCUT2D eigenvalue weighted by Gasteiger charge is -2.36. The summed E-state index contributed by atoms with van der Waals surface area (Å²) in [4.78, 5) is 0. The summed E-state index contributed by atoms with van der Waals surface area (Å²) in [7, 11) is 4.96. The number of hydrogen-bond acceptors (Lipinski definition) is 5. The first kappa shape index (κ1) is 24.3. The van der Waals surface area contributed by atoms with E-state index in [1.165, 1.54) is 0 Å². The van der Waals surface area contributed by atoms with Gasteiger partial charge in [0.2, 0.25) is 0 Å². The van der Waals surface area contributed by atoms with Crippen molar-refractivity contribution in [2.24, 2.45) is 5.92 Å². The summed E-state index contributed by atoms with van der Waals surface area (Å²) in [5.41, 5.74) is 2.10. The zero-order valence-electron chi connectivity index (χ0n) is 19.5. The van der Waals surface area contributed by atoms with Crippen molar-refractivity contribution in [3.8, 4) is 17.6 Å². The lowest BCUT2D eigenvalue weighted by Crippen LogP contribution is -2.33. The standard InChI is InChI=1S/C28H31NO4/c1-30-19-17-22(21-29)18-20-33-28(23-7-5-4-6-8-23,24-9-13-26(31-2)14-10-24)25-11-15-27(32-3)16-12-25/h4-16,22H,17-20H2,1-3H3. The molecule has 0 aliphatic rings. The highest BCUT2D eigenvalue weighted by Crippen LogP contribution is 2.41. The van der Waals surface area contributed by atoms with E-state index < -0.39 is 5.60 Å². The zero-order valence-corrected chi connectivity index (χ0v) is 19.5. The molecule has 0 fully saturated rings. The van der Waals surface area contributed by atoms with Gasteiger partial charge in [-0.3, -0.25) is 0 Å². The van der Waals surface area contributed by atoms with Crippen molar-refractivity contribution in [3.63, 3.8) is 0 Å². The van der Waals surface area contributed by atoms with Crippen LogP contribution in [0.5, 0.6) is 11.5 Å². The monoisotopic (exact) mass is 445 g/mol. The summed E-state index contributed by atoms with van der Waals surface area (Å²) >= 11 is 0. The molecular weight excluding hydrogens is 414 g/mol. The summed E-state index contributed by atoms with van der Waals surface area (Å²) in [5, 5.41) is 9.56. The van der Waals surface area contributed by atoms with E-state index in [4.69, 9.17) is 18.9 Å². The zero-order chi connectivity index (χ0) is 23.5. The van der Waals surface area contributed by atoms with Crippen molar-refractivity contribution in [2.45, 2.75) is 18.4 Å². The maximum absolute atomic E-state index is 9.56. The molecule has 0 N–H and O–H groups in total. The van der Waals surface area contributed by atoms with Crippen LogP contribution >= 0.6 is 0 Å². The van der Waals surface area contributed by atoms with E-state index in [1.807, 2.05) is 66.7 Å². The van der Waals surface area contributed by atoms with Crippen LogP contribution in [0.2, 0.25) is 0 Å². The molecule has 0 amide bonds. The lowest BCUT2D eigenvalue weighted by atomic mass is 9.80. The Morgan fingerprint density at radius 1 is 0.697 bits per heavy atom. The molecule has 0 aliphatic heterocycles. The molecule has 5 nitrogen and oxygen atoms in total. The fourth-order valence-corrected chi connectivity index (χ4v) is 3.96. The van der Waals surface area contributed by atoms with Crippen LogP contribution in [0.1, 0.15) is 29.5 Å². The Labute approximate surface area is 196 Å². The molecule has 3 aromatic rings. The second-order valence-electron chi connectivity index (χ2n) is 7.75. The van der Waals surface area contributed by atoms with Gasteiger partial charge >= 0.3 is 0 Å². The van der Waals surface area contributed by atoms with E-state index in [2.05, 4.69) is 18.2 Å². The minimum Gasteiger partial charge on any atom is -0.497 e. The van der Waals surface area contributed by atoms with Crippen LogP contribution in [0.15, 0.2) is 78.9 Å². The van der Waals surface area contributed by atoms with E-state index in [9.17, 15) is 5.26 Å². The Bertz CT molecular complexity index is 963. The third-order valence-corrected chi connectivity index (χ3v) is 5.81. The number of rotatable bonds is 12. The summed E-state index contributed by atoms with van der Waals surface area (Å²) in [5.74, 6) is 1.42. The Morgan fingerprint density at radius 3 is 1.64 bits per heavy atom. The van der Waals surface area contributed by atoms with Gasteiger partial charge in [0.1, 0.15) is 17.1 Å². The maximum atomic E-state index is 9.56. The van der Waals surface area contributed by atoms with Gasteiger partial charge in [-0.25, -0.2) is 0 Å². The molecule has 0 aliphatic carbocycles. The molecule has 0 saturated carbocycles. The molecule has 1 unspecified atom stereocenters. The van der Waals surface area contributed by atoms with Gasteiger partial charge in [0.25, 0.3) is 0 Å². The first-order valence-corrected chi connectivity index (χ1v) is 11.0. The quantitative estimate of drug-likeness (QED) is 0.341.